The topological polar surface area (TPSA) is 56.1 Å². The smallest absolute Gasteiger partial charge is 0.416 e. The van der Waals surface area contributed by atoms with Gasteiger partial charge in [-0.2, -0.15) is 5.10 Å². The first kappa shape index (κ1) is 14.3. The number of allylic oxidation sites excluding steroid dienone is 1. The van der Waals surface area contributed by atoms with Crippen LogP contribution in [0.3, 0.4) is 0 Å². The molecule has 0 fully saturated rings. The molecule has 1 aromatic carbocycles. The van der Waals surface area contributed by atoms with Crippen LogP contribution in [0.4, 0.5) is 10.5 Å². The minimum atomic E-state index is -0.557. The van der Waals surface area contributed by atoms with Crippen LogP contribution in [0, 0.1) is 0 Å². The number of halogens is 1. The molecule has 0 aliphatic heterocycles. The van der Waals surface area contributed by atoms with Gasteiger partial charge in [0.25, 0.3) is 0 Å². The number of carbonyl (C=O) groups excluding carboxylic acids is 1. The van der Waals surface area contributed by atoms with Gasteiger partial charge < -0.3 is 4.74 Å². The highest BCUT2D eigenvalue weighted by molar-refractivity contribution is 9.10. The fourth-order valence-electron chi connectivity index (χ4n) is 1.78. The molecular weight excluding hydrogens is 322 g/mol. The normalized spacial score (nSPS) is 10.2. The molecule has 2 aromatic rings. The van der Waals surface area contributed by atoms with E-state index < -0.39 is 6.09 Å². The summed E-state index contributed by atoms with van der Waals surface area (Å²) in [7, 11) is 1.86. The Kier molecular flexibility index (Phi) is 4.24. The van der Waals surface area contributed by atoms with Crippen molar-refractivity contribution < 1.29 is 9.53 Å². The van der Waals surface area contributed by atoms with Gasteiger partial charge in [0, 0.05) is 18.3 Å². The minimum Gasteiger partial charge on any atom is -0.416 e. The van der Waals surface area contributed by atoms with Crippen molar-refractivity contribution in [1.82, 2.24) is 9.78 Å². The van der Waals surface area contributed by atoms with E-state index in [4.69, 9.17) is 4.74 Å². The fraction of sp³-hybridized carbons (Fsp3) is 0.143. The van der Waals surface area contributed by atoms with Crippen LogP contribution in [0.1, 0.15) is 6.92 Å². The zero-order valence-corrected chi connectivity index (χ0v) is 12.8. The van der Waals surface area contributed by atoms with Crippen LogP contribution in [-0.4, -0.2) is 15.9 Å². The van der Waals surface area contributed by atoms with Crippen LogP contribution in [0.5, 0.6) is 0 Å². The van der Waals surface area contributed by atoms with Crippen molar-refractivity contribution in [3.8, 4) is 11.3 Å². The van der Waals surface area contributed by atoms with Crippen LogP contribution < -0.4 is 5.32 Å². The molecule has 104 valence electrons. The van der Waals surface area contributed by atoms with Crippen LogP contribution in [0.2, 0.25) is 0 Å². The van der Waals surface area contributed by atoms with Crippen LogP contribution in [-0.2, 0) is 11.8 Å². The van der Waals surface area contributed by atoms with E-state index in [-0.39, 0.29) is 0 Å². The standard InChI is InChI=1S/C14H14BrN3O2/c1-9(2)20-14(19)17-11-6-4-5-10(7-11)13-12(15)8-16-18(13)3/h4-8H,1H2,2-3H3,(H,17,19). The number of rotatable bonds is 3. The summed E-state index contributed by atoms with van der Waals surface area (Å²) in [6.07, 6.45) is 1.17. The molecule has 2 rings (SSSR count). The van der Waals surface area contributed by atoms with Crippen molar-refractivity contribution >= 4 is 27.7 Å². The van der Waals surface area contributed by atoms with Crippen LogP contribution in [0.25, 0.3) is 11.3 Å². The SMILES string of the molecule is C=C(C)OC(=O)Nc1cccc(-c2c(Br)cnn2C)c1. The van der Waals surface area contributed by atoms with Gasteiger partial charge in [-0.1, -0.05) is 18.7 Å². The second kappa shape index (κ2) is 5.92. The second-order valence-corrected chi connectivity index (χ2v) is 5.12. The Hall–Kier alpha value is -2.08. The van der Waals surface area contributed by atoms with Gasteiger partial charge in [-0.15, -0.1) is 0 Å². The third-order valence-corrected chi connectivity index (χ3v) is 3.12. The van der Waals surface area contributed by atoms with Crippen molar-refractivity contribution in [2.24, 2.45) is 7.05 Å². The van der Waals surface area contributed by atoms with E-state index in [1.165, 1.54) is 0 Å². The van der Waals surface area contributed by atoms with Crippen molar-refractivity contribution in [3.63, 3.8) is 0 Å². The predicted octanol–water partition coefficient (Wildman–Crippen LogP) is 3.93. The Morgan fingerprint density at radius 2 is 2.25 bits per heavy atom. The summed E-state index contributed by atoms with van der Waals surface area (Å²) in [6, 6.07) is 7.43. The highest BCUT2D eigenvalue weighted by Gasteiger charge is 2.10. The minimum absolute atomic E-state index is 0.341. The zero-order valence-electron chi connectivity index (χ0n) is 11.2. The highest BCUT2D eigenvalue weighted by Crippen LogP contribution is 2.29. The molecule has 6 heteroatoms. The lowest BCUT2D eigenvalue weighted by Crippen LogP contribution is -2.12. The van der Waals surface area contributed by atoms with Gasteiger partial charge in [0.1, 0.15) is 0 Å². The molecule has 0 atom stereocenters. The maximum atomic E-state index is 11.5. The summed E-state index contributed by atoms with van der Waals surface area (Å²) in [5.41, 5.74) is 2.51. The molecule has 5 nitrogen and oxygen atoms in total. The van der Waals surface area contributed by atoms with E-state index in [1.807, 2.05) is 25.2 Å². The summed E-state index contributed by atoms with van der Waals surface area (Å²) < 4.78 is 7.51. The molecule has 1 aromatic heterocycles. The zero-order chi connectivity index (χ0) is 14.7. The van der Waals surface area contributed by atoms with E-state index >= 15 is 0 Å². The third kappa shape index (κ3) is 3.27. The molecule has 0 aliphatic carbocycles. The summed E-state index contributed by atoms with van der Waals surface area (Å²) in [6.45, 7) is 5.13. The summed E-state index contributed by atoms with van der Waals surface area (Å²) >= 11 is 3.45. The van der Waals surface area contributed by atoms with Gasteiger partial charge >= 0.3 is 6.09 Å². The Balaban J connectivity index is 2.25. The number of hydrogen-bond acceptors (Lipinski definition) is 3. The van der Waals surface area contributed by atoms with E-state index in [0.717, 1.165) is 15.7 Å². The number of aromatic nitrogens is 2. The van der Waals surface area contributed by atoms with E-state index in [9.17, 15) is 4.79 Å². The number of anilines is 1. The molecule has 0 unspecified atom stereocenters. The molecular formula is C14H14BrN3O2. The number of carbonyl (C=O) groups is 1. The molecule has 0 aliphatic rings. The maximum absolute atomic E-state index is 11.5. The van der Waals surface area contributed by atoms with Gasteiger partial charge in [0.05, 0.1) is 22.1 Å². The summed E-state index contributed by atoms with van der Waals surface area (Å²) in [5, 5.41) is 6.82. The van der Waals surface area contributed by atoms with Crippen LogP contribution in [0.15, 0.2) is 47.3 Å². The fourth-order valence-corrected chi connectivity index (χ4v) is 2.36. The average Bonchev–Trinajstić information content (AvgIpc) is 2.68. The van der Waals surface area contributed by atoms with Gasteiger partial charge in [-0.3, -0.25) is 10.00 Å². The molecule has 1 amide bonds. The molecule has 0 spiro atoms. The Bertz CT molecular complexity index is 645. The maximum Gasteiger partial charge on any atom is 0.416 e. The lowest BCUT2D eigenvalue weighted by Gasteiger charge is -2.08. The van der Waals surface area contributed by atoms with Crippen molar-refractivity contribution in [2.75, 3.05) is 5.32 Å². The largest absolute Gasteiger partial charge is 0.416 e. The Morgan fingerprint density at radius 1 is 1.50 bits per heavy atom. The number of amides is 1. The van der Waals surface area contributed by atoms with Crippen LogP contribution >= 0.6 is 15.9 Å². The first-order valence-corrected chi connectivity index (χ1v) is 6.69. The monoisotopic (exact) mass is 335 g/mol. The van der Waals surface area contributed by atoms with Gasteiger partial charge in [-0.25, -0.2) is 4.79 Å². The van der Waals surface area contributed by atoms with Crippen molar-refractivity contribution in [2.45, 2.75) is 6.92 Å². The molecule has 0 saturated carbocycles. The quantitative estimate of drug-likeness (QED) is 0.864. The number of benzene rings is 1. The molecule has 1 N–H and O–H groups in total. The van der Waals surface area contributed by atoms with E-state index in [2.05, 4.69) is 32.9 Å². The molecule has 0 radical (unpaired) electrons. The number of hydrogen-bond donors (Lipinski definition) is 1. The van der Waals surface area contributed by atoms with E-state index in [0.29, 0.717) is 11.4 Å². The highest BCUT2D eigenvalue weighted by atomic mass is 79.9. The summed E-state index contributed by atoms with van der Waals surface area (Å²) in [5.74, 6) is 0.341. The number of ether oxygens (including phenoxy) is 1. The lowest BCUT2D eigenvalue weighted by molar-refractivity contribution is 0.192. The number of nitrogens with one attached hydrogen (secondary N) is 1. The first-order valence-electron chi connectivity index (χ1n) is 5.89. The van der Waals surface area contributed by atoms with Crippen molar-refractivity contribution in [1.29, 1.82) is 0 Å². The second-order valence-electron chi connectivity index (χ2n) is 4.26. The van der Waals surface area contributed by atoms with Gasteiger partial charge in [-0.05, 0) is 35.0 Å². The van der Waals surface area contributed by atoms with Crippen molar-refractivity contribution in [3.05, 3.63) is 47.3 Å². The Morgan fingerprint density at radius 3 is 2.85 bits per heavy atom. The predicted molar refractivity (Wildman–Crippen MR) is 81.3 cm³/mol. The number of aryl methyl sites for hydroxylation is 1. The van der Waals surface area contributed by atoms with E-state index in [1.54, 1.807) is 23.9 Å². The Labute approximate surface area is 125 Å². The van der Waals surface area contributed by atoms with Gasteiger partial charge in [0.2, 0.25) is 0 Å². The first-order chi connectivity index (χ1) is 9.47. The molecule has 20 heavy (non-hydrogen) atoms. The van der Waals surface area contributed by atoms with Gasteiger partial charge in [0.15, 0.2) is 0 Å². The molecule has 0 bridgehead atoms. The lowest BCUT2D eigenvalue weighted by atomic mass is 10.1. The molecule has 1 heterocycles. The average molecular weight is 336 g/mol. The molecule has 0 saturated heterocycles. The third-order valence-electron chi connectivity index (χ3n) is 2.54. The number of nitrogens with zero attached hydrogens (tertiary/aromatic N) is 2. The summed E-state index contributed by atoms with van der Waals surface area (Å²) in [4.78, 5) is 11.5.